The first-order chi connectivity index (χ1) is 8.45. The number of aryl methyl sites for hydroxylation is 1. The summed E-state index contributed by atoms with van der Waals surface area (Å²) >= 11 is 0. The van der Waals surface area contributed by atoms with Crippen molar-refractivity contribution in [3.05, 3.63) is 23.8 Å². The monoisotopic (exact) mass is 249 g/mol. The van der Waals surface area contributed by atoms with Crippen LogP contribution in [0.2, 0.25) is 0 Å². The van der Waals surface area contributed by atoms with E-state index in [2.05, 4.69) is 0 Å². The molecule has 1 aromatic carbocycles. The Morgan fingerprint density at radius 3 is 2.50 bits per heavy atom. The molecular weight excluding hydrogens is 230 g/mol. The highest BCUT2D eigenvalue weighted by atomic mass is 16.3. The number of Topliss-reactive ketones (excluding diaryl/α,β-unsaturated/α-hetero) is 1. The number of hydrogen-bond acceptors (Lipinski definition) is 3. The number of carbonyl (C=O) groups is 2. The van der Waals surface area contributed by atoms with Gasteiger partial charge in [0, 0.05) is 25.5 Å². The third kappa shape index (κ3) is 3.58. The number of phenolic OH excluding ortho intramolecular Hbond substituents is 1. The van der Waals surface area contributed by atoms with Gasteiger partial charge in [0.05, 0.1) is 5.69 Å². The Morgan fingerprint density at radius 2 is 1.94 bits per heavy atom. The van der Waals surface area contributed by atoms with Crippen LogP contribution >= 0.6 is 0 Å². The molecule has 0 saturated carbocycles. The van der Waals surface area contributed by atoms with Gasteiger partial charge in [-0.2, -0.15) is 0 Å². The Balaban J connectivity index is 2.91. The van der Waals surface area contributed by atoms with Gasteiger partial charge in [-0.25, -0.2) is 0 Å². The summed E-state index contributed by atoms with van der Waals surface area (Å²) in [6, 6.07) is 4.93. The highest BCUT2D eigenvalue weighted by Gasteiger charge is 2.16. The maximum Gasteiger partial charge on any atom is 0.227 e. The molecule has 0 heterocycles. The quantitative estimate of drug-likeness (QED) is 0.871. The van der Waals surface area contributed by atoms with Gasteiger partial charge in [-0.3, -0.25) is 4.79 Å². The molecule has 1 aromatic rings. The molecule has 0 aliphatic rings. The predicted octanol–water partition coefficient (Wildman–Crippen LogP) is 2.42. The van der Waals surface area contributed by atoms with E-state index in [4.69, 9.17) is 0 Å². The van der Waals surface area contributed by atoms with Crippen LogP contribution in [0, 0.1) is 6.92 Å². The van der Waals surface area contributed by atoms with E-state index in [0.717, 1.165) is 5.56 Å². The molecule has 0 aromatic heterocycles. The van der Waals surface area contributed by atoms with Crippen molar-refractivity contribution >= 4 is 17.4 Å². The van der Waals surface area contributed by atoms with E-state index in [0.29, 0.717) is 12.2 Å². The van der Waals surface area contributed by atoms with Crippen LogP contribution in [0.1, 0.15) is 32.3 Å². The van der Waals surface area contributed by atoms with E-state index in [-0.39, 0.29) is 30.3 Å². The summed E-state index contributed by atoms with van der Waals surface area (Å²) in [4.78, 5) is 24.5. The van der Waals surface area contributed by atoms with Gasteiger partial charge in [0.2, 0.25) is 5.91 Å². The molecule has 0 atom stereocenters. The molecule has 1 N–H and O–H groups in total. The van der Waals surface area contributed by atoms with Crippen LogP contribution in [0.25, 0.3) is 0 Å². The van der Waals surface area contributed by atoms with Crippen LogP contribution in [0.3, 0.4) is 0 Å². The molecule has 0 aliphatic heterocycles. The van der Waals surface area contributed by atoms with Crippen molar-refractivity contribution < 1.29 is 14.7 Å². The van der Waals surface area contributed by atoms with Crippen LogP contribution in [0.15, 0.2) is 18.2 Å². The van der Waals surface area contributed by atoms with E-state index in [9.17, 15) is 14.7 Å². The lowest BCUT2D eigenvalue weighted by Crippen LogP contribution is -2.31. The van der Waals surface area contributed by atoms with Crippen molar-refractivity contribution in [2.75, 3.05) is 11.4 Å². The molecule has 98 valence electrons. The van der Waals surface area contributed by atoms with E-state index < -0.39 is 0 Å². The number of ketones is 1. The van der Waals surface area contributed by atoms with Crippen molar-refractivity contribution in [3.63, 3.8) is 0 Å². The SMILES string of the molecule is CCN(C(=O)CCC(C)=O)c1cc(O)ccc1C. The largest absolute Gasteiger partial charge is 0.508 e. The minimum atomic E-state index is -0.0959. The molecule has 4 heteroatoms. The van der Waals surface area contributed by atoms with Crippen LogP contribution in [-0.4, -0.2) is 23.3 Å². The number of amides is 1. The molecule has 1 amide bonds. The van der Waals surface area contributed by atoms with Crippen molar-refractivity contribution in [2.45, 2.75) is 33.6 Å². The molecule has 4 nitrogen and oxygen atoms in total. The molecule has 0 unspecified atom stereocenters. The van der Waals surface area contributed by atoms with Gasteiger partial charge in [0.1, 0.15) is 11.5 Å². The molecular formula is C14H19NO3. The summed E-state index contributed by atoms with van der Waals surface area (Å²) in [5, 5.41) is 9.49. The topological polar surface area (TPSA) is 57.6 Å². The fourth-order valence-corrected chi connectivity index (χ4v) is 1.79. The third-order valence-electron chi connectivity index (χ3n) is 2.79. The molecule has 18 heavy (non-hydrogen) atoms. The lowest BCUT2D eigenvalue weighted by molar-refractivity contribution is -0.123. The predicted molar refractivity (Wildman–Crippen MR) is 70.8 cm³/mol. The van der Waals surface area contributed by atoms with Gasteiger partial charge < -0.3 is 14.8 Å². The molecule has 0 saturated heterocycles. The third-order valence-corrected chi connectivity index (χ3v) is 2.79. The lowest BCUT2D eigenvalue weighted by Gasteiger charge is -2.23. The Bertz CT molecular complexity index is 454. The van der Waals surface area contributed by atoms with Crippen LogP contribution in [0.4, 0.5) is 5.69 Å². The zero-order chi connectivity index (χ0) is 13.7. The number of anilines is 1. The fourth-order valence-electron chi connectivity index (χ4n) is 1.79. The van der Waals surface area contributed by atoms with Gasteiger partial charge in [-0.1, -0.05) is 6.07 Å². The van der Waals surface area contributed by atoms with E-state index in [1.54, 1.807) is 23.1 Å². The second-order valence-electron chi connectivity index (χ2n) is 4.31. The van der Waals surface area contributed by atoms with E-state index in [1.807, 2.05) is 13.8 Å². The van der Waals surface area contributed by atoms with Gasteiger partial charge in [-0.05, 0) is 32.4 Å². The average molecular weight is 249 g/mol. The van der Waals surface area contributed by atoms with Crippen molar-refractivity contribution in [1.29, 1.82) is 0 Å². The first-order valence-corrected chi connectivity index (χ1v) is 6.05. The Labute approximate surface area is 107 Å². The lowest BCUT2D eigenvalue weighted by atomic mass is 10.1. The van der Waals surface area contributed by atoms with Crippen molar-refractivity contribution in [2.24, 2.45) is 0 Å². The highest BCUT2D eigenvalue weighted by Crippen LogP contribution is 2.25. The molecule has 0 spiro atoms. The standard InChI is InChI=1S/C14H19NO3/c1-4-15(14(18)8-6-11(3)16)13-9-12(17)7-5-10(13)2/h5,7,9,17H,4,6,8H2,1-3H3. The smallest absolute Gasteiger partial charge is 0.227 e. The molecule has 0 fully saturated rings. The molecule has 0 radical (unpaired) electrons. The minimum Gasteiger partial charge on any atom is -0.508 e. The Hall–Kier alpha value is -1.84. The van der Waals surface area contributed by atoms with Gasteiger partial charge >= 0.3 is 0 Å². The van der Waals surface area contributed by atoms with Crippen molar-refractivity contribution in [3.8, 4) is 5.75 Å². The summed E-state index contributed by atoms with van der Waals surface area (Å²) in [6.07, 6.45) is 0.464. The second-order valence-corrected chi connectivity index (χ2v) is 4.31. The second kappa shape index (κ2) is 6.19. The normalized spacial score (nSPS) is 10.2. The van der Waals surface area contributed by atoms with Crippen LogP contribution in [-0.2, 0) is 9.59 Å². The minimum absolute atomic E-state index is 0.00651. The molecule has 1 rings (SSSR count). The van der Waals surface area contributed by atoms with Gasteiger partial charge in [0.25, 0.3) is 0 Å². The molecule has 0 aliphatic carbocycles. The average Bonchev–Trinajstić information content (AvgIpc) is 2.32. The maximum absolute atomic E-state index is 12.0. The number of carbonyl (C=O) groups excluding carboxylic acids is 2. The number of hydrogen-bond donors (Lipinski definition) is 1. The molecule has 0 bridgehead atoms. The Kier molecular flexibility index (Phi) is 4.89. The summed E-state index contributed by atoms with van der Waals surface area (Å²) < 4.78 is 0. The zero-order valence-electron chi connectivity index (χ0n) is 11.1. The summed E-state index contributed by atoms with van der Waals surface area (Å²) in [6.45, 7) is 5.75. The zero-order valence-corrected chi connectivity index (χ0v) is 11.1. The summed E-state index contributed by atoms with van der Waals surface area (Å²) in [5.74, 6) is 0.0434. The van der Waals surface area contributed by atoms with E-state index in [1.165, 1.54) is 6.92 Å². The highest BCUT2D eigenvalue weighted by molar-refractivity contribution is 5.96. The van der Waals surface area contributed by atoms with E-state index >= 15 is 0 Å². The number of aromatic hydroxyl groups is 1. The summed E-state index contributed by atoms with van der Waals surface area (Å²) in [7, 11) is 0. The van der Waals surface area contributed by atoms with Crippen LogP contribution < -0.4 is 4.90 Å². The first-order valence-electron chi connectivity index (χ1n) is 6.05. The number of phenols is 1. The maximum atomic E-state index is 12.0. The van der Waals surface area contributed by atoms with Gasteiger partial charge in [0.15, 0.2) is 0 Å². The number of benzene rings is 1. The van der Waals surface area contributed by atoms with Crippen LogP contribution in [0.5, 0.6) is 5.75 Å². The summed E-state index contributed by atoms with van der Waals surface area (Å²) in [5.41, 5.74) is 1.62. The van der Waals surface area contributed by atoms with Gasteiger partial charge in [-0.15, -0.1) is 0 Å². The van der Waals surface area contributed by atoms with Crippen molar-refractivity contribution in [1.82, 2.24) is 0 Å². The first kappa shape index (κ1) is 14.2. The fraction of sp³-hybridized carbons (Fsp3) is 0.429. The number of nitrogens with zero attached hydrogens (tertiary/aromatic N) is 1. The number of rotatable bonds is 5. The Morgan fingerprint density at radius 1 is 1.28 bits per heavy atom.